The lowest BCUT2D eigenvalue weighted by atomic mass is 10.1. The van der Waals surface area contributed by atoms with Crippen LogP contribution < -0.4 is 5.32 Å². The van der Waals surface area contributed by atoms with Crippen molar-refractivity contribution < 1.29 is 19.4 Å². The van der Waals surface area contributed by atoms with Crippen LogP contribution in [-0.2, 0) is 4.74 Å². The molecule has 0 radical (unpaired) electrons. The van der Waals surface area contributed by atoms with Gasteiger partial charge in [-0.3, -0.25) is 30.5 Å². The predicted molar refractivity (Wildman–Crippen MR) is 75.7 cm³/mol. The molecule has 10 heteroatoms. The van der Waals surface area contributed by atoms with Crippen molar-refractivity contribution in [2.45, 2.75) is 6.92 Å². The monoisotopic (exact) mass is 306 g/mol. The van der Waals surface area contributed by atoms with Gasteiger partial charge in [-0.15, -0.1) is 0 Å². The molecule has 0 aliphatic heterocycles. The molecule has 2 aromatic rings. The molecule has 1 aromatic carbocycles. The maximum atomic E-state index is 11.5. The van der Waals surface area contributed by atoms with E-state index in [1.54, 1.807) is 6.92 Å². The molecule has 0 unspecified atom stereocenters. The quantitative estimate of drug-likeness (QED) is 0.676. The summed E-state index contributed by atoms with van der Waals surface area (Å²) in [5, 5.41) is 24.5. The average molecular weight is 306 g/mol. The minimum absolute atomic E-state index is 0.0588. The summed E-state index contributed by atoms with van der Waals surface area (Å²) >= 11 is 0. The number of carbonyl (C=O) groups excluding carboxylic acids is 1. The van der Waals surface area contributed by atoms with E-state index in [1.807, 2.05) is 0 Å². The number of anilines is 1. The number of nitrogens with one attached hydrogen (secondary N) is 1. The van der Waals surface area contributed by atoms with Crippen LogP contribution >= 0.6 is 0 Å². The first-order chi connectivity index (χ1) is 10.5. The third-order valence-corrected chi connectivity index (χ3v) is 2.75. The van der Waals surface area contributed by atoms with Gasteiger partial charge in [0, 0.05) is 6.20 Å². The number of hydrogen-bond acceptors (Lipinski definition) is 7. The Bertz CT molecular complexity index is 776. The topological polar surface area (TPSA) is 138 Å². The second kappa shape index (κ2) is 5.99. The highest BCUT2D eigenvalue weighted by molar-refractivity contribution is 6.05. The van der Waals surface area contributed by atoms with E-state index in [-0.39, 0.29) is 23.2 Å². The Kier molecular flexibility index (Phi) is 4.11. The second-order valence-corrected chi connectivity index (χ2v) is 4.05. The van der Waals surface area contributed by atoms with Gasteiger partial charge in [-0.2, -0.15) is 0 Å². The fourth-order valence-electron chi connectivity index (χ4n) is 1.90. The van der Waals surface area contributed by atoms with E-state index in [0.29, 0.717) is 0 Å². The van der Waals surface area contributed by atoms with Crippen molar-refractivity contribution in [1.29, 1.82) is 0 Å². The molecular weight excluding hydrogens is 296 g/mol. The number of nitro benzene ring substituents is 2. The molecule has 1 amide bonds. The number of non-ortho nitro benzene ring substituents is 1. The van der Waals surface area contributed by atoms with Crippen molar-refractivity contribution in [3.63, 3.8) is 0 Å². The lowest BCUT2D eigenvalue weighted by Crippen LogP contribution is -2.15. The standard InChI is InChI=1S/C12H10N4O6/c1-2-22-12(17)14-11-9(16(20)21)6-8(15(18)19)7-4-3-5-13-10(7)11/h3-6H,2H2,1H3,(H,14,17). The molecule has 0 fully saturated rings. The van der Waals surface area contributed by atoms with Crippen LogP contribution in [0.5, 0.6) is 0 Å². The van der Waals surface area contributed by atoms with E-state index in [1.165, 1.54) is 18.3 Å². The van der Waals surface area contributed by atoms with E-state index in [2.05, 4.69) is 15.0 Å². The van der Waals surface area contributed by atoms with Crippen LogP contribution in [0.1, 0.15) is 6.92 Å². The maximum absolute atomic E-state index is 11.5. The first-order valence-corrected chi connectivity index (χ1v) is 6.10. The lowest BCUT2D eigenvalue weighted by Gasteiger charge is -2.09. The molecule has 0 spiro atoms. The Hall–Kier alpha value is -3.30. The second-order valence-electron chi connectivity index (χ2n) is 4.05. The zero-order valence-electron chi connectivity index (χ0n) is 11.3. The zero-order valence-corrected chi connectivity index (χ0v) is 11.3. The number of rotatable bonds is 4. The third-order valence-electron chi connectivity index (χ3n) is 2.75. The minimum Gasteiger partial charge on any atom is -0.450 e. The van der Waals surface area contributed by atoms with Crippen molar-refractivity contribution in [1.82, 2.24) is 4.98 Å². The fourth-order valence-corrected chi connectivity index (χ4v) is 1.90. The fraction of sp³-hybridized carbons (Fsp3) is 0.167. The summed E-state index contributed by atoms with van der Waals surface area (Å²) in [5.41, 5.74) is -1.41. The molecule has 22 heavy (non-hydrogen) atoms. The number of fused-ring (bicyclic) bond motifs is 1. The van der Waals surface area contributed by atoms with Gasteiger partial charge in [0.15, 0.2) is 0 Å². The van der Waals surface area contributed by atoms with Crippen LogP contribution in [0.15, 0.2) is 24.4 Å². The van der Waals surface area contributed by atoms with Crippen LogP contribution in [0.3, 0.4) is 0 Å². The van der Waals surface area contributed by atoms with Gasteiger partial charge in [0.2, 0.25) is 0 Å². The van der Waals surface area contributed by atoms with Gasteiger partial charge >= 0.3 is 11.8 Å². The van der Waals surface area contributed by atoms with Gasteiger partial charge in [-0.1, -0.05) is 0 Å². The smallest absolute Gasteiger partial charge is 0.411 e. The number of amides is 1. The molecule has 2 rings (SSSR count). The molecule has 114 valence electrons. The lowest BCUT2D eigenvalue weighted by molar-refractivity contribution is -0.392. The molecular formula is C12H10N4O6. The number of carbonyl (C=O) groups is 1. The van der Waals surface area contributed by atoms with Gasteiger partial charge in [0.1, 0.15) is 11.2 Å². The third kappa shape index (κ3) is 2.75. The van der Waals surface area contributed by atoms with Crippen molar-refractivity contribution in [3.8, 4) is 0 Å². The summed E-state index contributed by atoms with van der Waals surface area (Å²) in [4.78, 5) is 36.1. The average Bonchev–Trinajstić information content (AvgIpc) is 2.47. The van der Waals surface area contributed by atoms with Crippen molar-refractivity contribution >= 4 is 34.1 Å². The van der Waals surface area contributed by atoms with Crippen LogP contribution in [0.2, 0.25) is 0 Å². The SMILES string of the molecule is CCOC(=O)Nc1c([N+](=O)[O-])cc([N+](=O)[O-])c2cccnc12. The van der Waals surface area contributed by atoms with Gasteiger partial charge in [-0.05, 0) is 19.1 Å². The molecule has 0 saturated carbocycles. The van der Waals surface area contributed by atoms with Gasteiger partial charge in [0.05, 0.1) is 27.9 Å². The molecule has 0 aliphatic rings. The van der Waals surface area contributed by atoms with E-state index in [4.69, 9.17) is 0 Å². The molecule has 1 N–H and O–H groups in total. The predicted octanol–water partition coefficient (Wildman–Crippen LogP) is 2.62. The van der Waals surface area contributed by atoms with Crippen LogP contribution in [0.4, 0.5) is 21.9 Å². The Morgan fingerprint density at radius 1 is 1.32 bits per heavy atom. The Balaban J connectivity index is 2.74. The number of aromatic nitrogens is 1. The molecule has 0 atom stereocenters. The minimum atomic E-state index is -0.911. The number of nitro groups is 2. The summed E-state index contributed by atoms with van der Waals surface area (Å²) < 4.78 is 4.67. The number of benzene rings is 1. The summed E-state index contributed by atoms with van der Waals surface area (Å²) in [5.74, 6) is 0. The maximum Gasteiger partial charge on any atom is 0.411 e. The first-order valence-electron chi connectivity index (χ1n) is 6.10. The summed E-state index contributed by atoms with van der Waals surface area (Å²) in [6, 6.07) is 3.63. The molecule has 1 aromatic heterocycles. The summed E-state index contributed by atoms with van der Waals surface area (Å²) in [7, 11) is 0. The highest BCUT2D eigenvalue weighted by Crippen LogP contribution is 2.38. The van der Waals surface area contributed by atoms with Crippen LogP contribution in [-0.4, -0.2) is 27.5 Å². The van der Waals surface area contributed by atoms with Gasteiger partial charge < -0.3 is 4.74 Å². The largest absolute Gasteiger partial charge is 0.450 e. The molecule has 10 nitrogen and oxygen atoms in total. The van der Waals surface area contributed by atoms with Gasteiger partial charge in [0.25, 0.3) is 5.69 Å². The van der Waals surface area contributed by atoms with Crippen molar-refractivity contribution in [3.05, 3.63) is 44.6 Å². The summed E-state index contributed by atoms with van der Waals surface area (Å²) in [6.07, 6.45) is 0.401. The number of pyridine rings is 1. The Morgan fingerprint density at radius 3 is 2.59 bits per heavy atom. The van der Waals surface area contributed by atoms with Crippen LogP contribution in [0.25, 0.3) is 10.9 Å². The van der Waals surface area contributed by atoms with E-state index < -0.39 is 27.3 Å². The molecule has 0 bridgehead atoms. The number of hydrogen-bond donors (Lipinski definition) is 1. The number of nitrogens with zero attached hydrogens (tertiary/aromatic N) is 3. The Labute approximate surface area is 123 Å². The number of ether oxygens (including phenoxy) is 1. The van der Waals surface area contributed by atoms with E-state index in [0.717, 1.165) is 6.07 Å². The highest BCUT2D eigenvalue weighted by atomic mass is 16.6. The van der Waals surface area contributed by atoms with Crippen molar-refractivity contribution in [2.75, 3.05) is 11.9 Å². The molecule has 0 aliphatic carbocycles. The highest BCUT2D eigenvalue weighted by Gasteiger charge is 2.27. The van der Waals surface area contributed by atoms with Gasteiger partial charge in [-0.25, -0.2) is 4.79 Å². The van der Waals surface area contributed by atoms with E-state index >= 15 is 0 Å². The zero-order chi connectivity index (χ0) is 16.3. The Morgan fingerprint density at radius 2 is 2.00 bits per heavy atom. The summed E-state index contributed by atoms with van der Waals surface area (Å²) in [6.45, 7) is 1.64. The first kappa shape index (κ1) is 15.1. The normalized spacial score (nSPS) is 10.2. The molecule has 1 heterocycles. The van der Waals surface area contributed by atoms with E-state index in [9.17, 15) is 25.0 Å². The van der Waals surface area contributed by atoms with Crippen molar-refractivity contribution in [2.24, 2.45) is 0 Å². The molecule has 0 saturated heterocycles. The van der Waals surface area contributed by atoms with Crippen LogP contribution in [0, 0.1) is 20.2 Å².